The third-order valence-electron chi connectivity index (χ3n) is 12.9. The van der Waals surface area contributed by atoms with Crippen molar-refractivity contribution in [2.24, 2.45) is 52.3 Å². The van der Waals surface area contributed by atoms with Gasteiger partial charge >= 0.3 is 0 Å². The Kier molecular flexibility index (Phi) is 8.09. The number of hydrogen-bond acceptors (Lipinski definition) is 4. The third-order valence-corrected chi connectivity index (χ3v) is 12.9. The molecule has 0 aromatic rings. The molecule has 36 heavy (non-hydrogen) atoms. The number of aliphatic hydroxyl groups excluding tert-OH is 1. The minimum Gasteiger partial charge on any atom is -0.393 e. The van der Waals surface area contributed by atoms with Crippen molar-refractivity contribution in [3.8, 4) is 0 Å². The van der Waals surface area contributed by atoms with Crippen molar-refractivity contribution in [2.75, 3.05) is 20.6 Å². The molecule has 4 saturated carbocycles. The van der Waals surface area contributed by atoms with E-state index in [-0.39, 0.29) is 5.41 Å². The van der Waals surface area contributed by atoms with Crippen LogP contribution in [0.15, 0.2) is 0 Å². The molecule has 0 amide bonds. The summed E-state index contributed by atoms with van der Waals surface area (Å²) in [5.74, 6) is 4.68. The fourth-order valence-electron chi connectivity index (χ4n) is 10.9. The first-order chi connectivity index (χ1) is 16.7. The van der Waals surface area contributed by atoms with Gasteiger partial charge in [0.15, 0.2) is 0 Å². The second-order valence-electron chi connectivity index (χ2n) is 15.2. The minimum absolute atomic E-state index is 0.313. The van der Waals surface area contributed by atoms with Gasteiger partial charge in [-0.25, -0.2) is 0 Å². The van der Waals surface area contributed by atoms with E-state index < -0.39 is 17.3 Å². The molecular weight excluding hydrogens is 446 g/mol. The van der Waals surface area contributed by atoms with Gasteiger partial charge in [-0.1, -0.05) is 54.4 Å². The van der Waals surface area contributed by atoms with Crippen LogP contribution in [0.4, 0.5) is 0 Å². The zero-order valence-electron chi connectivity index (χ0n) is 24.9. The van der Waals surface area contributed by atoms with Crippen LogP contribution in [0.25, 0.3) is 0 Å². The van der Waals surface area contributed by atoms with E-state index in [1.807, 2.05) is 19.0 Å². The first-order valence-electron chi connectivity index (χ1n) is 15.5. The summed E-state index contributed by atoms with van der Waals surface area (Å²) in [6.45, 7) is 15.0. The molecule has 11 atom stereocenters. The van der Waals surface area contributed by atoms with Crippen LogP contribution in [-0.2, 0) is 0 Å². The number of rotatable bonds is 8. The zero-order chi connectivity index (χ0) is 26.7. The van der Waals surface area contributed by atoms with Gasteiger partial charge < -0.3 is 20.2 Å². The lowest BCUT2D eigenvalue weighted by molar-refractivity contribution is -0.308. The Morgan fingerprint density at radius 3 is 2.19 bits per heavy atom. The van der Waals surface area contributed by atoms with Crippen LogP contribution in [-0.4, -0.2) is 58.2 Å². The molecule has 4 fully saturated rings. The van der Waals surface area contributed by atoms with E-state index in [1.165, 1.54) is 38.5 Å². The fraction of sp³-hybridized carbons (Fsp3) is 1.00. The van der Waals surface area contributed by atoms with E-state index >= 15 is 0 Å². The monoisotopic (exact) mass is 505 g/mol. The molecule has 0 unspecified atom stereocenters. The normalized spacial score (nSPS) is 48.4. The highest BCUT2D eigenvalue weighted by Gasteiger charge is 2.72. The molecule has 0 radical (unpaired) electrons. The Labute approximate surface area is 222 Å². The lowest BCUT2D eigenvalue weighted by atomic mass is 9.39. The molecule has 210 valence electrons. The number of hydrogen-bond donors (Lipinski definition) is 3. The topological polar surface area (TPSA) is 63.9 Å². The molecule has 0 saturated heterocycles. The van der Waals surface area contributed by atoms with Gasteiger partial charge in [0.1, 0.15) is 11.2 Å². The summed E-state index contributed by atoms with van der Waals surface area (Å²) in [4.78, 5) is 2.04. The molecule has 0 aromatic carbocycles. The summed E-state index contributed by atoms with van der Waals surface area (Å²) in [7, 11) is 4.01. The summed E-state index contributed by atoms with van der Waals surface area (Å²) in [5.41, 5.74) is -2.40. The minimum atomic E-state index is -1.23. The first kappa shape index (κ1) is 28.8. The number of nitrogens with zero attached hydrogens (tertiary/aromatic N) is 1. The highest BCUT2D eigenvalue weighted by atomic mass is 16.4. The van der Waals surface area contributed by atoms with Crippen LogP contribution in [0, 0.1) is 52.3 Å². The van der Waals surface area contributed by atoms with Gasteiger partial charge in [0, 0.05) is 18.4 Å². The number of likely N-dealkylation sites (N-methyl/N-ethyl adjacent to an activating group) is 1. The van der Waals surface area contributed by atoms with Gasteiger partial charge in [0.05, 0.1) is 6.10 Å². The van der Waals surface area contributed by atoms with Crippen LogP contribution in [0.5, 0.6) is 0 Å². The molecule has 0 aromatic heterocycles. The third kappa shape index (κ3) is 4.42. The smallest absolute Gasteiger partial charge is 0.107 e. The van der Waals surface area contributed by atoms with Crippen LogP contribution >= 0.6 is 0 Å². The average Bonchev–Trinajstić information content (AvgIpc) is 3.13. The van der Waals surface area contributed by atoms with Crippen LogP contribution in [0.3, 0.4) is 0 Å². The molecule has 4 nitrogen and oxygen atoms in total. The quantitative estimate of drug-likeness (QED) is 0.372. The molecule has 4 rings (SSSR count). The molecule has 4 aliphatic carbocycles. The highest BCUT2D eigenvalue weighted by molar-refractivity contribution is 5.22. The highest BCUT2D eigenvalue weighted by Crippen LogP contribution is 2.71. The lowest BCUT2D eigenvalue weighted by Gasteiger charge is -2.69. The second kappa shape index (κ2) is 10.1. The predicted octanol–water partition coefficient (Wildman–Crippen LogP) is 6.12. The zero-order valence-corrected chi connectivity index (χ0v) is 24.9. The SMILES string of the molecule is CC[C@H](CC[C@@H](C)[C@H]1CC[C@H]2[C@@H]3C[C@](O)(CN(C)C)[C@@]4(O)C[C@@H](O)CC[C@]4(C)[C@H]3CC[C@]12C)C(C)C. The van der Waals surface area contributed by atoms with Crippen molar-refractivity contribution in [3.05, 3.63) is 0 Å². The number of aliphatic hydroxyl groups is 3. The van der Waals surface area contributed by atoms with E-state index in [1.54, 1.807) is 0 Å². The maximum Gasteiger partial charge on any atom is 0.107 e. The van der Waals surface area contributed by atoms with Crippen LogP contribution < -0.4 is 0 Å². The Morgan fingerprint density at radius 1 is 0.889 bits per heavy atom. The molecular formula is C32H59NO3. The first-order valence-corrected chi connectivity index (χ1v) is 15.5. The van der Waals surface area contributed by atoms with Gasteiger partial charge in [-0.2, -0.15) is 0 Å². The Hall–Kier alpha value is -0.160. The standard InChI is InChI=1S/C32H59NO3/c1-9-23(21(2)3)11-10-22(4)26-12-13-27-25-19-31(35,20-33(7)8)32(36)18-24(34)14-17-30(32,6)28(25)15-16-29(26,27)5/h21-28,34-36H,9-20H2,1-8H3/t22-,23-,24+,25+,26-,27+,28+,29-,30-,31+,32-/m1/s1. The van der Waals surface area contributed by atoms with Crippen molar-refractivity contribution in [1.82, 2.24) is 4.90 Å². The molecule has 4 heteroatoms. The molecule has 0 aliphatic heterocycles. The summed E-state index contributed by atoms with van der Waals surface area (Å²) in [6, 6.07) is 0. The van der Waals surface area contributed by atoms with Gasteiger partial charge in [0.25, 0.3) is 0 Å². The Morgan fingerprint density at radius 2 is 1.58 bits per heavy atom. The number of fused-ring (bicyclic) bond motifs is 5. The maximum atomic E-state index is 12.3. The van der Waals surface area contributed by atoms with Gasteiger partial charge in [-0.05, 0) is 112 Å². The average molecular weight is 506 g/mol. The second-order valence-corrected chi connectivity index (χ2v) is 15.2. The van der Waals surface area contributed by atoms with E-state index in [4.69, 9.17) is 0 Å². The van der Waals surface area contributed by atoms with E-state index in [2.05, 4.69) is 41.5 Å². The summed E-state index contributed by atoms with van der Waals surface area (Å²) in [6.07, 6.45) is 11.1. The van der Waals surface area contributed by atoms with Gasteiger partial charge in [0.2, 0.25) is 0 Å². The van der Waals surface area contributed by atoms with Crippen molar-refractivity contribution in [2.45, 2.75) is 129 Å². The molecule has 0 bridgehead atoms. The van der Waals surface area contributed by atoms with Crippen LogP contribution in [0.1, 0.15) is 112 Å². The van der Waals surface area contributed by atoms with Crippen molar-refractivity contribution < 1.29 is 15.3 Å². The lowest BCUT2D eigenvalue weighted by Crippen LogP contribution is -2.76. The largest absolute Gasteiger partial charge is 0.393 e. The van der Waals surface area contributed by atoms with Gasteiger partial charge in [-0.15, -0.1) is 0 Å². The molecule has 0 heterocycles. The van der Waals surface area contributed by atoms with E-state index in [9.17, 15) is 15.3 Å². The Balaban J connectivity index is 1.60. The predicted molar refractivity (Wildman–Crippen MR) is 149 cm³/mol. The molecule has 3 N–H and O–H groups in total. The van der Waals surface area contributed by atoms with Crippen molar-refractivity contribution in [3.63, 3.8) is 0 Å². The van der Waals surface area contributed by atoms with Crippen LogP contribution in [0.2, 0.25) is 0 Å². The molecule has 4 aliphatic rings. The van der Waals surface area contributed by atoms with Gasteiger partial charge in [-0.3, -0.25) is 0 Å². The molecule has 0 spiro atoms. The summed E-state index contributed by atoms with van der Waals surface area (Å²) < 4.78 is 0. The fourth-order valence-corrected chi connectivity index (χ4v) is 10.9. The van der Waals surface area contributed by atoms with E-state index in [0.717, 1.165) is 42.9 Å². The summed E-state index contributed by atoms with van der Waals surface area (Å²) >= 11 is 0. The Bertz CT molecular complexity index is 770. The van der Waals surface area contributed by atoms with Crippen molar-refractivity contribution in [1.29, 1.82) is 0 Å². The maximum absolute atomic E-state index is 12.3. The van der Waals surface area contributed by atoms with Crippen molar-refractivity contribution >= 4 is 0 Å². The van der Waals surface area contributed by atoms with E-state index in [0.29, 0.717) is 42.6 Å². The summed E-state index contributed by atoms with van der Waals surface area (Å²) in [5, 5.41) is 35.3.